The normalized spacial score (nSPS) is 23.5. The molecule has 2 saturated heterocycles. The van der Waals surface area contributed by atoms with Gasteiger partial charge in [0.2, 0.25) is 11.8 Å². The number of anilines is 1. The first-order valence-electron chi connectivity index (χ1n) is 7.80. The maximum absolute atomic E-state index is 13.4. The molecule has 0 spiro atoms. The quantitative estimate of drug-likeness (QED) is 0.835. The molecule has 0 aromatic heterocycles. The number of hydrogen-bond acceptors (Lipinski definition) is 3. The number of benzene rings is 1. The van der Waals surface area contributed by atoms with Crippen molar-refractivity contribution in [1.29, 1.82) is 0 Å². The zero-order chi connectivity index (χ0) is 16.6. The van der Waals surface area contributed by atoms with Gasteiger partial charge in [-0.15, -0.1) is 12.4 Å². The molecule has 2 fully saturated rings. The highest BCUT2D eigenvalue weighted by Gasteiger charge is 2.42. The lowest BCUT2D eigenvalue weighted by Gasteiger charge is -2.26. The number of nitrogens with zero attached hydrogens (tertiary/aromatic N) is 2. The summed E-state index contributed by atoms with van der Waals surface area (Å²) in [5, 5.41) is 0. The fraction of sp³-hybridized carbons (Fsp3) is 0.500. The minimum atomic E-state index is -1.01. The Labute approximate surface area is 145 Å². The molecule has 0 saturated carbocycles. The highest BCUT2D eigenvalue weighted by atomic mass is 35.5. The van der Waals surface area contributed by atoms with Gasteiger partial charge in [0.25, 0.3) is 0 Å². The van der Waals surface area contributed by atoms with Crippen LogP contribution in [0.5, 0.6) is 0 Å². The van der Waals surface area contributed by atoms with Gasteiger partial charge in [-0.1, -0.05) is 0 Å². The first kappa shape index (κ1) is 18.6. The predicted molar refractivity (Wildman–Crippen MR) is 87.9 cm³/mol. The molecule has 2 heterocycles. The number of carbonyl (C=O) groups excluding carboxylic acids is 2. The van der Waals surface area contributed by atoms with E-state index in [4.69, 9.17) is 5.73 Å². The van der Waals surface area contributed by atoms with E-state index in [1.807, 2.05) is 0 Å². The Bertz CT molecular complexity index is 644. The van der Waals surface area contributed by atoms with Crippen molar-refractivity contribution in [2.45, 2.75) is 25.3 Å². The molecule has 0 aliphatic carbocycles. The smallest absolute Gasteiger partial charge is 0.239 e. The van der Waals surface area contributed by atoms with Crippen molar-refractivity contribution in [3.05, 3.63) is 29.8 Å². The summed E-state index contributed by atoms with van der Waals surface area (Å²) in [4.78, 5) is 28.2. The molecular formula is C16H20ClF2N3O2. The molecule has 2 unspecified atom stereocenters. The second-order valence-electron chi connectivity index (χ2n) is 5.99. The highest BCUT2D eigenvalue weighted by Crippen LogP contribution is 2.29. The van der Waals surface area contributed by atoms with Crippen LogP contribution < -0.4 is 10.6 Å². The Kier molecular flexibility index (Phi) is 5.77. The maximum atomic E-state index is 13.4. The lowest BCUT2D eigenvalue weighted by atomic mass is 10.1. The third kappa shape index (κ3) is 3.23. The molecule has 2 atom stereocenters. The Morgan fingerprint density at radius 1 is 1.21 bits per heavy atom. The largest absolute Gasteiger partial charge is 0.338 e. The van der Waals surface area contributed by atoms with Crippen LogP contribution in [0.1, 0.15) is 19.3 Å². The minimum Gasteiger partial charge on any atom is -0.338 e. The molecule has 2 aliphatic rings. The highest BCUT2D eigenvalue weighted by molar-refractivity contribution is 6.09. The minimum absolute atomic E-state index is 0. The third-order valence-electron chi connectivity index (χ3n) is 4.65. The number of halogens is 3. The number of likely N-dealkylation sites (tertiary alicyclic amines) is 1. The van der Waals surface area contributed by atoms with Gasteiger partial charge < -0.3 is 15.5 Å². The van der Waals surface area contributed by atoms with E-state index in [2.05, 4.69) is 0 Å². The summed E-state index contributed by atoms with van der Waals surface area (Å²) in [5.74, 6) is -3.28. The van der Waals surface area contributed by atoms with Gasteiger partial charge in [-0.25, -0.2) is 8.78 Å². The van der Waals surface area contributed by atoms with E-state index in [-0.39, 0.29) is 36.0 Å². The van der Waals surface area contributed by atoms with E-state index in [9.17, 15) is 18.4 Å². The maximum Gasteiger partial charge on any atom is 0.239 e. The summed E-state index contributed by atoms with van der Waals surface area (Å²) >= 11 is 0. The number of carbonyl (C=O) groups is 2. The van der Waals surface area contributed by atoms with Crippen molar-refractivity contribution in [2.75, 3.05) is 24.5 Å². The molecule has 132 valence electrons. The first-order chi connectivity index (χ1) is 11.0. The molecular weight excluding hydrogens is 340 g/mol. The average Bonchev–Trinajstić information content (AvgIpc) is 3.16. The molecule has 2 aliphatic heterocycles. The molecule has 1 aromatic carbocycles. The molecule has 0 bridgehead atoms. The van der Waals surface area contributed by atoms with Gasteiger partial charge in [0.15, 0.2) is 11.6 Å². The lowest BCUT2D eigenvalue weighted by Crippen LogP contribution is -2.45. The summed E-state index contributed by atoms with van der Waals surface area (Å²) in [6.07, 6.45) is 2.13. The van der Waals surface area contributed by atoms with E-state index >= 15 is 0 Å². The molecule has 5 nitrogen and oxygen atoms in total. The van der Waals surface area contributed by atoms with Gasteiger partial charge in [0, 0.05) is 37.4 Å². The molecule has 1 aromatic rings. The lowest BCUT2D eigenvalue weighted by molar-refractivity contribution is -0.140. The van der Waals surface area contributed by atoms with E-state index in [0.29, 0.717) is 26.1 Å². The summed E-state index contributed by atoms with van der Waals surface area (Å²) in [7, 11) is 0. The van der Waals surface area contributed by atoms with Crippen LogP contribution in [-0.4, -0.2) is 42.4 Å². The van der Waals surface area contributed by atoms with Crippen molar-refractivity contribution in [3.8, 4) is 0 Å². The van der Waals surface area contributed by atoms with Crippen molar-refractivity contribution in [2.24, 2.45) is 11.7 Å². The van der Waals surface area contributed by atoms with Crippen molar-refractivity contribution in [3.63, 3.8) is 0 Å². The van der Waals surface area contributed by atoms with Crippen LogP contribution in [0.4, 0.5) is 14.5 Å². The van der Waals surface area contributed by atoms with Crippen LogP contribution in [-0.2, 0) is 9.59 Å². The molecule has 2 amide bonds. The van der Waals surface area contributed by atoms with Crippen LogP contribution in [0.15, 0.2) is 18.2 Å². The van der Waals surface area contributed by atoms with E-state index in [1.165, 1.54) is 11.0 Å². The van der Waals surface area contributed by atoms with Gasteiger partial charge in [0.1, 0.15) is 5.92 Å². The monoisotopic (exact) mass is 359 g/mol. The van der Waals surface area contributed by atoms with Gasteiger partial charge in [0.05, 0.1) is 0 Å². The average molecular weight is 360 g/mol. The van der Waals surface area contributed by atoms with Crippen LogP contribution in [0.2, 0.25) is 0 Å². The zero-order valence-corrected chi connectivity index (χ0v) is 13.9. The molecule has 2 N–H and O–H groups in total. The van der Waals surface area contributed by atoms with Gasteiger partial charge in [-0.05, 0) is 31.4 Å². The van der Waals surface area contributed by atoms with Crippen molar-refractivity contribution in [1.82, 2.24) is 4.90 Å². The molecule has 8 heteroatoms. The summed E-state index contributed by atoms with van der Waals surface area (Å²) < 4.78 is 26.4. The Morgan fingerprint density at radius 3 is 2.62 bits per heavy atom. The van der Waals surface area contributed by atoms with E-state index in [1.54, 1.807) is 4.90 Å². The van der Waals surface area contributed by atoms with Crippen LogP contribution in [0, 0.1) is 17.6 Å². The SMILES string of the molecule is Cl.NCC1CCCN1C(=O)C1CCN(c2ccc(F)c(F)c2)C1=O. The van der Waals surface area contributed by atoms with Gasteiger partial charge >= 0.3 is 0 Å². The number of nitrogens with two attached hydrogens (primary N) is 1. The third-order valence-corrected chi connectivity index (χ3v) is 4.65. The van der Waals surface area contributed by atoms with Gasteiger partial charge in [-0.2, -0.15) is 0 Å². The standard InChI is InChI=1S/C16H19F2N3O2.ClH/c17-13-4-3-10(8-14(13)18)21-7-5-12(16(21)23)15(22)20-6-1-2-11(20)9-19;/h3-4,8,11-12H,1-2,5-7,9,19H2;1H. The molecule has 0 radical (unpaired) electrons. The van der Waals surface area contributed by atoms with E-state index in [0.717, 1.165) is 25.0 Å². The second kappa shape index (κ2) is 7.44. The Morgan fingerprint density at radius 2 is 1.96 bits per heavy atom. The van der Waals surface area contributed by atoms with Crippen LogP contribution in [0.25, 0.3) is 0 Å². The van der Waals surface area contributed by atoms with Crippen LogP contribution >= 0.6 is 12.4 Å². The summed E-state index contributed by atoms with van der Waals surface area (Å²) in [6, 6.07) is 3.31. The summed E-state index contributed by atoms with van der Waals surface area (Å²) in [6.45, 7) is 1.33. The van der Waals surface area contributed by atoms with Gasteiger partial charge in [-0.3, -0.25) is 9.59 Å². The summed E-state index contributed by atoms with van der Waals surface area (Å²) in [5.41, 5.74) is 5.96. The fourth-order valence-electron chi connectivity index (χ4n) is 3.39. The Hall–Kier alpha value is -1.73. The fourth-order valence-corrected chi connectivity index (χ4v) is 3.39. The molecule has 24 heavy (non-hydrogen) atoms. The Balaban J connectivity index is 0.00000208. The van der Waals surface area contributed by atoms with Crippen LogP contribution in [0.3, 0.4) is 0 Å². The number of rotatable bonds is 3. The second-order valence-corrected chi connectivity index (χ2v) is 5.99. The van der Waals surface area contributed by atoms with Crippen molar-refractivity contribution >= 4 is 29.9 Å². The number of amides is 2. The topological polar surface area (TPSA) is 66.6 Å². The number of hydrogen-bond donors (Lipinski definition) is 1. The van der Waals surface area contributed by atoms with Crippen molar-refractivity contribution < 1.29 is 18.4 Å². The predicted octanol–water partition coefficient (Wildman–Crippen LogP) is 1.69. The zero-order valence-electron chi connectivity index (χ0n) is 13.1. The first-order valence-corrected chi connectivity index (χ1v) is 7.80. The van der Waals surface area contributed by atoms with E-state index < -0.39 is 17.6 Å². The molecule has 3 rings (SSSR count).